The fourth-order valence-electron chi connectivity index (χ4n) is 2.82. The van der Waals surface area contributed by atoms with Gasteiger partial charge >= 0.3 is 0 Å². The number of carbonyl (C=O) groups is 1. The summed E-state index contributed by atoms with van der Waals surface area (Å²) in [6.07, 6.45) is 2.02. The third-order valence-electron chi connectivity index (χ3n) is 4.07. The first kappa shape index (κ1) is 15.7. The van der Waals surface area contributed by atoms with Gasteiger partial charge in [0.15, 0.2) is 0 Å². The van der Waals surface area contributed by atoms with E-state index < -0.39 is 0 Å². The number of hydrogen-bond donors (Lipinski definition) is 1. The van der Waals surface area contributed by atoms with Crippen LogP contribution in [-0.2, 0) is 4.74 Å². The summed E-state index contributed by atoms with van der Waals surface area (Å²) >= 11 is 0. The van der Waals surface area contributed by atoms with Crippen molar-refractivity contribution in [3.05, 3.63) is 41.8 Å². The topological polar surface area (TPSA) is 64.4 Å². The number of aryl methyl sites for hydroxylation is 1. The third-order valence-corrected chi connectivity index (χ3v) is 4.07. The van der Waals surface area contributed by atoms with Crippen LogP contribution in [0.15, 0.2) is 34.7 Å². The molecule has 1 atom stereocenters. The molecule has 1 aromatic carbocycles. The molecule has 0 bridgehead atoms. The van der Waals surface area contributed by atoms with Crippen LogP contribution < -0.4 is 5.32 Å². The number of amides is 1. The van der Waals surface area contributed by atoms with Crippen molar-refractivity contribution in [2.45, 2.75) is 45.3 Å². The minimum absolute atomic E-state index is 0.0609. The molecule has 0 aliphatic carbocycles. The van der Waals surface area contributed by atoms with Crippen LogP contribution in [0.1, 0.15) is 42.9 Å². The molecule has 122 valence electrons. The number of rotatable bonds is 4. The van der Waals surface area contributed by atoms with Crippen LogP contribution in [0.25, 0.3) is 11.5 Å². The van der Waals surface area contributed by atoms with E-state index in [9.17, 15) is 4.79 Å². The van der Waals surface area contributed by atoms with Gasteiger partial charge in [-0.2, -0.15) is 0 Å². The largest absolute Gasteiger partial charge is 0.431 e. The lowest BCUT2D eigenvalue weighted by molar-refractivity contribution is -0.0139. The van der Waals surface area contributed by atoms with E-state index in [-0.39, 0.29) is 23.4 Å². The summed E-state index contributed by atoms with van der Waals surface area (Å²) in [5.74, 6) is 0.484. The molecule has 2 aromatic rings. The summed E-state index contributed by atoms with van der Waals surface area (Å²) in [5, 5.41) is 2.89. The zero-order valence-electron chi connectivity index (χ0n) is 13.8. The van der Waals surface area contributed by atoms with Crippen LogP contribution in [0, 0.1) is 6.92 Å². The Labute approximate surface area is 136 Å². The van der Waals surface area contributed by atoms with Gasteiger partial charge < -0.3 is 14.5 Å². The molecule has 0 spiro atoms. The number of nitrogens with zero attached hydrogens (tertiary/aromatic N) is 1. The standard InChI is InChI=1S/C18H22N2O3/c1-12-15(22-17(20-12)13-7-5-4-6-8-13)16(21)19-11-14-9-10-18(2,3)23-14/h4-8,14H,9-11H2,1-3H3,(H,19,21). The van der Waals surface area contributed by atoms with Gasteiger partial charge in [-0.25, -0.2) is 4.98 Å². The van der Waals surface area contributed by atoms with Gasteiger partial charge in [0.05, 0.1) is 17.4 Å². The smallest absolute Gasteiger partial charge is 0.289 e. The zero-order chi connectivity index (χ0) is 16.4. The summed E-state index contributed by atoms with van der Waals surface area (Å²) in [4.78, 5) is 16.7. The van der Waals surface area contributed by atoms with Gasteiger partial charge in [-0.3, -0.25) is 4.79 Å². The van der Waals surface area contributed by atoms with Crippen LogP contribution in [0.4, 0.5) is 0 Å². The van der Waals surface area contributed by atoms with Crippen LogP contribution in [0.2, 0.25) is 0 Å². The van der Waals surface area contributed by atoms with Crippen molar-refractivity contribution >= 4 is 5.91 Å². The number of carbonyl (C=O) groups excluding carboxylic acids is 1. The molecule has 5 heteroatoms. The van der Waals surface area contributed by atoms with Gasteiger partial charge in [0.2, 0.25) is 11.7 Å². The van der Waals surface area contributed by atoms with E-state index in [0.717, 1.165) is 18.4 Å². The summed E-state index contributed by atoms with van der Waals surface area (Å²) in [5.41, 5.74) is 1.35. The highest BCUT2D eigenvalue weighted by Gasteiger charge is 2.32. The Morgan fingerprint density at radius 2 is 2.09 bits per heavy atom. The van der Waals surface area contributed by atoms with E-state index in [1.165, 1.54) is 0 Å². The summed E-state index contributed by atoms with van der Waals surface area (Å²) in [7, 11) is 0. The predicted molar refractivity (Wildman–Crippen MR) is 87.2 cm³/mol. The van der Waals surface area contributed by atoms with Crippen molar-refractivity contribution in [2.75, 3.05) is 6.54 Å². The second-order valence-electron chi connectivity index (χ2n) is 6.55. The minimum Gasteiger partial charge on any atom is -0.431 e. The van der Waals surface area contributed by atoms with E-state index in [4.69, 9.17) is 9.15 Å². The molecule has 1 amide bonds. The molecule has 1 unspecified atom stereocenters. The van der Waals surface area contributed by atoms with Crippen LogP contribution in [0.5, 0.6) is 0 Å². The molecule has 2 heterocycles. The van der Waals surface area contributed by atoms with E-state index in [1.54, 1.807) is 6.92 Å². The molecule has 1 fully saturated rings. The van der Waals surface area contributed by atoms with Crippen LogP contribution >= 0.6 is 0 Å². The lowest BCUT2D eigenvalue weighted by Crippen LogP contribution is -2.33. The Hall–Kier alpha value is -2.14. The monoisotopic (exact) mass is 314 g/mol. The second kappa shape index (κ2) is 6.16. The summed E-state index contributed by atoms with van der Waals surface area (Å²) in [6, 6.07) is 9.56. The normalized spacial score (nSPS) is 19.7. The molecular formula is C18H22N2O3. The number of aromatic nitrogens is 1. The molecule has 1 aromatic heterocycles. The quantitative estimate of drug-likeness (QED) is 0.940. The highest BCUT2D eigenvalue weighted by molar-refractivity contribution is 5.92. The first-order valence-electron chi connectivity index (χ1n) is 7.93. The summed E-state index contributed by atoms with van der Waals surface area (Å²) < 4.78 is 11.5. The van der Waals surface area contributed by atoms with Gasteiger partial charge in [-0.05, 0) is 45.7 Å². The highest BCUT2D eigenvalue weighted by Crippen LogP contribution is 2.29. The van der Waals surface area contributed by atoms with Crippen molar-refractivity contribution < 1.29 is 13.9 Å². The summed E-state index contributed by atoms with van der Waals surface area (Å²) in [6.45, 7) is 6.41. The fourth-order valence-corrected chi connectivity index (χ4v) is 2.82. The number of nitrogens with one attached hydrogen (secondary N) is 1. The number of ether oxygens (including phenoxy) is 1. The maximum Gasteiger partial charge on any atom is 0.289 e. The Morgan fingerprint density at radius 3 is 2.74 bits per heavy atom. The predicted octanol–water partition coefficient (Wildman–Crippen LogP) is 3.34. The van der Waals surface area contributed by atoms with Gasteiger partial charge in [-0.15, -0.1) is 0 Å². The zero-order valence-corrected chi connectivity index (χ0v) is 13.8. The van der Waals surface area contributed by atoms with E-state index in [2.05, 4.69) is 24.1 Å². The third kappa shape index (κ3) is 3.62. The molecule has 1 N–H and O–H groups in total. The molecule has 1 saturated heterocycles. The SMILES string of the molecule is Cc1nc(-c2ccccc2)oc1C(=O)NCC1CCC(C)(C)O1. The van der Waals surface area contributed by atoms with Crippen molar-refractivity contribution in [3.63, 3.8) is 0 Å². The molecule has 5 nitrogen and oxygen atoms in total. The number of benzene rings is 1. The van der Waals surface area contributed by atoms with Gasteiger partial charge in [-0.1, -0.05) is 18.2 Å². The fraction of sp³-hybridized carbons (Fsp3) is 0.444. The minimum atomic E-state index is -0.245. The average Bonchev–Trinajstić information content (AvgIpc) is 3.08. The lowest BCUT2D eigenvalue weighted by Gasteiger charge is -2.19. The van der Waals surface area contributed by atoms with Gasteiger partial charge in [0, 0.05) is 12.1 Å². The first-order chi connectivity index (χ1) is 10.9. The first-order valence-corrected chi connectivity index (χ1v) is 7.93. The van der Waals surface area contributed by atoms with E-state index in [0.29, 0.717) is 18.1 Å². The van der Waals surface area contributed by atoms with Crippen molar-refractivity contribution in [2.24, 2.45) is 0 Å². The molecule has 1 aliphatic heterocycles. The van der Waals surface area contributed by atoms with Crippen LogP contribution in [0.3, 0.4) is 0 Å². The van der Waals surface area contributed by atoms with Gasteiger partial charge in [0.25, 0.3) is 5.91 Å². The highest BCUT2D eigenvalue weighted by atomic mass is 16.5. The van der Waals surface area contributed by atoms with Gasteiger partial charge in [0.1, 0.15) is 0 Å². The van der Waals surface area contributed by atoms with Crippen molar-refractivity contribution in [3.8, 4) is 11.5 Å². The molecular weight excluding hydrogens is 292 g/mol. The average molecular weight is 314 g/mol. The Balaban J connectivity index is 1.65. The van der Waals surface area contributed by atoms with E-state index in [1.807, 2.05) is 30.3 Å². The van der Waals surface area contributed by atoms with Crippen LogP contribution in [-0.4, -0.2) is 29.1 Å². The number of oxazole rings is 1. The molecule has 0 saturated carbocycles. The molecule has 3 rings (SSSR count). The van der Waals surface area contributed by atoms with E-state index >= 15 is 0 Å². The molecule has 23 heavy (non-hydrogen) atoms. The number of hydrogen-bond acceptors (Lipinski definition) is 4. The Kier molecular flexibility index (Phi) is 4.22. The lowest BCUT2D eigenvalue weighted by atomic mass is 10.1. The maximum absolute atomic E-state index is 12.3. The Morgan fingerprint density at radius 1 is 1.35 bits per heavy atom. The van der Waals surface area contributed by atoms with Crippen molar-refractivity contribution in [1.29, 1.82) is 0 Å². The molecule has 0 radical (unpaired) electrons. The maximum atomic E-state index is 12.3. The second-order valence-corrected chi connectivity index (χ2v) is 6.55. The van der Waals surface area contributed by atoms with Crippen molar-refractivity contribution in [1.82, 2.24) is 10.3 Å². The molecule has 1 aliphatic rings. The Bertz CT molecular complexity index is 692.